The minimum atomic E-state index is -0.167. The van der Waals surface area contributed by atoms with Gasteiger partial charge in [-0.2, -0.15) is 0 Å². The summed E-state index contributed by atoms with van der Waals surface area (Å²) in [5.41, 5.74) is 28.3. The molecule has 0 saturated carbocycles. The molecule has 0 radical (unpaired) electrons. The van der Waals surface area contributed by atoms with Crippen LogP contribution in [-0.2, 0) is 54.3 Å². The van der Waals surface area contributed by atoms with Gasteiger partial charge in [-0.15, -0.1) is 0 Å². The van der Waals surface area contributed by atoms with Gasteiger partial charge in [0.25, 0.3) is 0 Å². The van der Waals surface area contributed by atoms with Crippen molar-refractivity contribution in [2.24, 2.45) is 52.2 Å². The lowest BCUT2D eigenvalue weighted by molar-refractivity contribution is -0.0987. The number of carbonyl (C=O) groups is 9. The highest BCUT2D eigenvalue weighted by molar-refractivity contribution is 6.30. The second kappa shape index (κ2) is 324. The lowest BCUT2D eigenvalue weighted by atomic mass is 10.2. The molecule has 0 aliphatic carbocycles. The highest BCUT2D eigenvalue weighted by Crippen LogP contribution is 2.10. The van der Waals surface area contributed by atoms with Gasteiger partial charge in [0.15, 0.2) is 0 Å². The van der Waals surface area contributed by atoms with Gasteiger partial charge in [-0.25, -0.2) is 0 Å². The fourth-order valence-electron chi connectivity index (χ4n) is 1.19. The van der Waals surface area contributed by atoms with Crippen LogP contribution < -0.4 is 52.9 Å². The van der Waals surface area contributed by atoms with Gasteiger partial charge in [-0.3, -0.25) is 0 Å². The van der Waals surface area contributed by atoms with E-state index in [9.17, 15) is 0 Å². The summed E-state index contributed by atoms with van der Waals surface area (Å²) < 4.78 is 5.23. The molecule has 0 aliphatic heterocycles. The van der Waals surface area contributed by atoms with Gasteiger partial charge < -0.3 is 106 Å². The van der Waals surface area contributed by atoms with Gasteiger partial charge in [-0.05, 0) is 126 Å². The zero-order chi connectivity index (χ0) is 63.0. The topological polar surface area (TPSA) is 444 Å². The molecule has 458 valence electrons. The average molecular weight is 1090 g/mol. The number of hydrogen-bond acceptors (Lipinski definition) is 20. The van der Waals surface area contributed by atoms with E-state index in [0.29, 0.717) is 0 Å². The normalized spacial score (nSPS) is 6.03. The molecule has 0 atom stereocenters. The monoisotopic (exact) mass is 1090 g/mol. The Morgan fingerprint density at radius 3 is 0.667 bits per heavy atom. The summed E-state index contributed by atoms with van der Waals surface area (Å²) in [5.74, 6) is 2.65. The minimum absolute atomic E-state index is 0. The number of aliphatic hydroxyl groups is 1. The summed E-state index contributed by atoms with van der Waals surface area (Å²) in [6.07, 6.45) is 4.81. The maximum atomic E-state index is 8.06. The predicted molar refractivity (Wildman–Crippen MR) is 327 cm³/mol. The van der Waals surface area contributed by atoms with E-state index in [1.54, 1.807) is 13.8 Å². The number of nitrogens with two attached hydrogens (primary N) is 6. The molecule has 1 aromatic carbocycles. The van der Waals surface area contributed by atoms with E-state index in [1.165, 1.54) is 67.1 Å². The van der Waals surface area contributed by atoms with E-state index in [4.69, 9.17) is 64.6 Å². The number of carbonyl (C=O) groups excluding carboxylic acids is 9. The molecular weight excluding hydrogens is 950 g/mol. The summed E-state index contributed by atoms with van der Waals surface area (Å²) in [6, 6.07) is 7.93. The number of halogens is 1. The first-order chi connectivity index (χ1) is 32.9. The van der Waals surface area contributed by atoms with E-state index in [0.717, 1.165) is 35.8 Å². The smallest absolute Gasteiger partial charge is 0.106 e. The van der Waals surface area contributed by atoms with Crippen LogP contribution in [0.4, 0.5) is 0 Å². The molecule has 1 rings (SSSR count). The maximum Gasteiger partial charge on any atom is 0.106 e. The van der Waals surface area contributed by atoms with Crippen molar-refractivity contribution in [1.82, 2.24) is 18.5 Å². The molecule has 0 spiro atoms. The first-order valence-corrected chi connectivity index (χ1v) is 22.4. The third kappa shape index (κ3) is 855. The van der Waals surface area contributed by atoms with E-state index in [-0.39, 0.29) is 30.2 Å². The van der Waals surface area contributed by atoms with Crippen LogP contribution in [0.2, 0.25) is 5.02 Å². The second-order valence-corrected chi connectivity index (χ2v) is 11.5. The third-order valence-electron chi connectivity index (χ3n) is 4.32. The quantitative estimate of drug-likeness (QED) is 0.131. The molecule has 0 amide bonds. The van der Waals surface area contributed by atoms with Gasteiger partial charge >= 0.3 is 0 Å². The minimum Gasteiger partial charge on any atom is -0.394 e. The van der Waals surface area contributed by atoms with Crippen LogP contribution in [0.1, 0.15) is 163 Å². The Balaban J connectivity index is -0.0000000143. The van der Waals surface area contributed by atoms with Crippen molar-refractivity contribution < 1.29 is 53.0 Å². The average Bonchev–Trinajstić information content (AvgIpc) is 3.44. The summed E-state index contributed by atoms with van der Waals surface area (Å²) in [6.45, 7) is 60.5. The van der Waals surface area contributed by atoms with Gasteiger partial charge in [0.2, 0.25) is 0 Å². The van der Waals surface area contributed by atoms with Crippen LogP contribution in [0, 0.1) is 17.8 Å². The van der Waals surface area contributed by atoms with Crippen molar-refractivity contribution in [2.75, 3.05) is 48.9 Å². The fourth-order valence-corrected chi connectivity index (χ4v) is 1.40. The van der Waals surface area contributed by atoms with Crippen LogP contribution in [0.3, 0.4) is 0 Å². The number of aliphatic hydroxyl groups excluding tert-OH is 1. The standard InChI is InChI=1S/C8H9Cl.C6H14O.3C5H12.C3H8O.2C2H6.6CH5N.9CH2O.3H3N/c1-2-7-4-3-5-8(9)6-7;1-5-7-6(2,3)4;3*1-4-5(2)3;1-3(2)4;17*1-2;;;/h3-6H,2H2,1H3;5H2,1-4H3;3*5H,4H2,1-3H3;3-4H,1-2H3;2*1-2H3;6*2H2,1H3;9*1H2;3*1H3. The van der Waals surface area contributed by atoms with Crippen molar-refractivity contribution >= 4 is 72.7 Å². The zero-order valence-corrected chi connectivity index (χ0v) is 53.3. The Bertz CT molecular complexity index is 637. The SMILES string of the molecule is C=O.C=O.C=O.C=O.C=O.C=O.C=O.C=O.C=O.CC.CC.CC(C)O.CCC(C)C.CCC(C)C.CCC(C)C.CCOC(C)(C)C.CCc1cccc(Cl)c1.CN.CN.CN.CN.CN.CN.N.N.N. The highest BCUT2D eigenvalue weighted by atomic mass is 35.5. The number of rotatable bonds is 5. The number of aryl methyl sites for hydroxylation is 1. The number of benzene rings is 1. The van der Waals surface area contributed by atoms with E-state index < -0.39 is 0 Å². The molecule has 72 heavy (non-hydrogen) atoms. The van der Waals surface area contributed by atoms with E-state index in [1.807, 2.05) is 114 Å². The Hall–Kier alpha value is -3.90. The summed E-state index contributed by atoms with van der Waals surface area (Å²) >= 11 is 5.72. The largest absolute Gasteiger partial charge is 0.394 e. The molecular formula is C51H136ClN9O11. The van der Waals surface area contributed by atoms with E-state index >= 15 is 0 Å². The summed E-state index contributed by atoms with van der Waals surface area (Å²) in [7, 11) is 9.00. The zero-order valence-electron chi connectivity index (χ0n) is 52.5. The summed E-state index contributed by atoms with van der Waals surface area (Å²) in [5, 5.41) is 8.88. The van der Waals surface area contributed by atoms with Crippen molar-refractivity contribution in [3.05, 3.63) is 34.9 Å². The summed E-state index contributed by atoms with van der Waals surface area (Å²) in [4.78, 5) is 72.0. The van der Waals surface area contributed by atoms with Crippen LogP contribution in [0.15, 0.2) is 24.3 Å². The number of hydrogen-bond donors (Lipinski definition) is 10. The van der Waals surface area contributed by atoms with Crippen LogP contribution >= 0.6 is 11.6 Å². The molecule has 21 heteroatoms. The van der Waals surface area contributed by atoms with Crippen molar-refractivity contribution in [3.63, 3.8) is 0 Å². The molecule has 0 aliphatic rings. The molecule has 0 heterocycles. The Kier molecular flexibility index (Phi) is 742. The molecule has 0 fully saturated rings. The molecule has 22 N–H and O–H groups in total. The van der Waals surface area contributed by atoms with Crippen LogP contribution in [0.25, 0.3) is 0 Å². The molecule has 0 saturated heterocycles. The lowest BCUT2D eigenvalue weighted by Gasteiger charge is -2.17. The first-order valence-electron chi connectivity index (χ1n) is 22.1. The maximum absolute atomic E-state index is 8.06. The molecule has 1 aromatic rings. The fraction of sp³-hybridized carbons (Fsp3) is 0.706. The van der Waals surface area contributed by atoms with Crippen LogP contribution in [-0.4, -0.2) is 127 Å². The van der Waals surface area contributed by atoms with E-state index in [2.05, 4.69) is 130 Å². The Labute approximate surface area is 454 Å². The third-order valence-corrected chi connectivity index (χ3v) is 4.56. The first kappa shape index (κ1) is 165. The van der Waals surface area contributed by atoms with Crippen molar-refractivity contribution in [3.8, 4) is 0 Å². The van der Waals surface area contributed by atoms with Crippen LogP contribution in [0.5, 0.6) is 0 Å². The van der Waals surface area contributed by atoms with Gasteiger partial charge in [0, 0.05) is 17.7 Å². The van der Waals surface area contributed by atoms with Gasteiger partial charge in [0.05, 0.1) is 5.60 Å². The van der Waals surface area contributed by atoms with Gasteiger partial charge in [-0.1, -0.05) is 140 Å². The lowest BCUT2D eigenvalue weighted by Crippen LogP contribution is -2.18. The Morgan fingerprint density at radius 2 is 0.611 bits per heavy atom. The predicted octanol–water partition coefficient (Wildman–Crippen LogP) is 9.59. The molecule has 20 nitrogen and oxygen atoms in total. The molecule has 0 aromatic heterocycles. The number of ether oxygens (including phenoxy) is 1. The molecule has 0 unspecified atom stereocenters. The highest BCUT2D eigenvalue weighted by Gasteiger charge is 2.06. The van der Waals surface area contributed by atoms with Gasteiger partial charge in [0.1, 0.15) is 61.1 Å². The second-order valence-electron chi connectivity index (χ2n) is 11.0. The van der Waals surface area contributed by atoms with Crippen molar-refractivity contribution in [1.29, 1.82) is 0 Å². The van der Waals surface area contributed by atoms with Crippen molar-refractivity contribution in [2.45, 2.75) is 176 Å². The Morgan fingerprint density at radius 1 is 0.458 bits per heavy atom. The molecule has 0 bridgehead atoms.